The van der Waals surface area contributed by atoms with Crippen molar-refractivity contribution in [2.75, 3.05) is 13.1 Å². The molecule has 4 rings (SSSR count). The fourth-order valence-electron chi connectivity index (χ4n) is 4.80. The van der Waals surface area contributed by atoms with Crippen molar-refractivity contribution in [1.29, 1.82) is 0 Å². The van der Waals surface area contributed by atoms with Gasteiger partial charge in [0.1, 0.15) is 0 Å². The van der Waals surface area contributed by atoms with Crippen molar-refractivity contribution in [2.45, 2.75) is 58.3 Å². The van der Waals surface area contributed by atoms with Crippen molar-refractivity contribution in [3.63, 3.8) is 0 Å². The number of aliphatic hydroxyl groups excluding tert-OH is 1. The van der Waals surface area contributed by atoms with Crippen LogP contribution in [-0.2, 0) is 0 Å². The maximum atomic E-state index is 12.7. The quantitative estimate of drug-likeness (QED) is 0.382. The second-order valence-electron chi connectivity index (χ2n) is 9.30. The summed E-state index contributed by atoms with van der Waals surface area (Å²) in [6.45, 7) is 10.1. The van der Waals surface area contributed by atoms with Crippen LogP contribution in [-0.4, -0.2) is 52.2 Å². The van der Waals surface area contributed by atoms with Gasteiger partial charge in [0.25, 0.3) is 0 Å². The fraction of sp³-hybridized carbons (Fsp3) is 0.407. The number of aromatic nitrogens is 1. The summed E-state index contributed by atoms with van der Waals surface area (Å²) in [6, 6.07) is 14.2. The normalized spacial score (nSPS) is 20.7. The molecule has 180 valence electrons. The number of piperazine rings is 1. The summed E-state index contributed by atoms with van der Waals surface area (Å²) in [5, 5.41) is 15.7. The van der Waals surface area contributed by atoms with E-state index in [2.05, 4.69) is 36.0 Å². The second kappa shape index (κ2) is 10.1. The minimum atomic E-state index is -0.770. The average Bonchev–Trinajstić information content (AvgIpc) is 2.82. The Bertz CT molecular complexity index is 1220. The van der Waals surface area contributed by atoms with Crippen LogP contribution >= 0.6 is 0 Å². The zero-order chi connectivity index (χ0) is 24.4. The number of pyridine rings is 1. The lowest BCUT2D eigenvalue weighted by Crippen LogP contribution is -2.58. The highest BCUT2D eigenvalue weighted by atomic mass is 16.5. The highest BCUT2D eigenvalue weighted by Crippen LogP contribution is 2.34. The number of hydrogen-bond acceptors (Lipinski definition) is 6. The molecular formula is C27H33N3O4. The van der Waals surface area contributed by atoms with Crippen molar-refractivity contribution in [2.24, 2.45) is 0 Å². The van der Waals surface area contributed by atoms with Crippen LogP contribution in [0.25, 0.3) is 10.9 Å². The molecule has 0 spiro atoms. The Balaban J connectivity index is 1.70. The molecule has 1 aromatic heterocycles. The largest absolute Gasteiger partial charge is 0.421 e. The third kappa shape index (κ3) is 4.92. The number of esters is 1. The van der Waals surface area contributed by atoms with Crippen molar-refractivity contribution in [3.8, 4) is 5.75 Å². The van der Waals surface area contributed by atoms with Crippen LogP contribution in [0.3, 0.4) is 0 Å². The van der Waals surface area contributed by atoms with Crippen LogP contribution in [0.5, 0.6) is 5.75 Å². The molecule has 0 bridgehead atoms. The van der Waals surface area contributed by atoms with Gasteiger partial charge in [-0.05, 0) is 57.0 Å². The first kappa shape index (κ1) is 24.1. The predicted molar refractivity (Wildman–Crippen MR) is 133 cm³/mol. The van der Waals surface area contributed by atoms with E-state index >= 15 is 0 Å². The third-order valence-electron chi connectivity index (χ3n) is 6.72. The topological polar surface area (TPSA) is 94.7 Å². The number of aryl methyl sites for hydroxylation is 1. The number of hydrogen-bond donors (Lipinski definition) is 3. The number of rotatable bonds is 6. The zero-order valence-corrected chi connectivity index (χ0v) is 20.2. The minimum Gasteiger partial charge on any atom is -0.421 e. The molecule has 1 aliphatic rings. The van der Waals surface area contributed by atoms with Gasteiger partial charge in [-0.15, -0.1) is 0 Å². The number of aromatic amines is 1. The van der Waals surface area contributed by atoms with E-state index in [0.717, 1.165) is 25.1 Å². The molecule has 1 aliphatic heterocycles. The maximum Gasteiger partial charge on any atom is 0.343 e. The smallest absolute Gasteiger partial charge is 0.343 e. The van der Waals surface area contributed by atoms with Gasteiger partial charge < -0.3 is 20.1 Å². The van der Waals surface area contributed by atoms with Gasteiger partial charge in [0, 0.05) is 42.7 Å². The monoisotopic (exact) mass is 463 g/mol. The van der Waals surface area contributed by atoms with Gasteiger partial charge in [-0.25, -0.2) is 4.79 Å². The first-order chi connectivity index (χ1) is 16.3. The zero-order valence-electron chi connectivity index (χ0n) is 20.2. The van der Waals surface area contributed by atoms with E-state index < -0.39 is 12.1 Å². The molecule has 34 heavy (non-hydrogen) atoms. The highest BCUT2D eigenvalue weighted by Gasteiger charge is 2.33. The summed E-state index contributed by atoms with van der Waals surface area (Å²) < 4.78 is 5.67. The van der Waals surface area contributed by atoms with Crippen LogP contribution in [0.4, 0.5) is 0 Å². The molecule has 7 nitrogen and oxygen atoms in total. The Labute approximate surface area is 199 Å². The van der Waals surface area contributed by atoms with Gasteiger partial charge in [-0.3, -0.25) is 9.69 Å². The molecule has 2 heterocycles. The Morgan fingerprint density at radius 1 is 1.15 bits per heavy atom. The summed E-state index contributed by atoms with van der Waals surface area (Å²) in [4.78, 5) is 30.0. The van der Waals surface area contributed by atoms with Crippen molar-refractivity contribution < 1.29 is 14.6 Å². The second-order valence-corrected chi connectivity index (χ2v) is 9.30. The summed E-state index contributed by atoms with van der Waals surface area (Å²) in [6.07, 6.45) is 0.000698. The summed E-state index contributed by atoms with van der Waals surface area (Å²) in [7, 11) is 0. The molecule has 1 saturated heterocycles. The Hall–Kier alpha value is -3.00. The number of carbonyl (C=O) groups excluding carboxylic acids is 1. The van der Waals surface area contributed by atoms with Crippen molar-refractivity contribution >= 4 is 16.9 Å². The average molecular weight is 464 g/mol. The van der Waals surface area contributed by atoms with E-state index in [1.54, 1.807) is 30.3 Å². The molecule has 7 heteroatoms. The highest BCUT2D eigenvalue weighted by molar-refractivity contribution is 5.95. The number of nitrogens with zero attached hydrogens (tertiary/aromatic N) is 1. The van der Waals surface area contributed by atoms with Crippen LogP contribution < -0.4 is 15.6 Å². The Morgan fingerprint density at radius 2 is 1.88 bits per heavy atom. The lowest BCUT2D eigenvalue weighted by molar-refractivity contribution is 0.00650. The molecule has 3 N–H and O–H groups in total. The molecule has 0 aliphatic carbocycles. The molecule has 4 unspecified atom stereocenters. The first-order valence-electron chi connectivity index (χ1n) is 11.9. The SMILES string of the molecule is CCC(C(O)c1ccc(OC(=O)c2ccc(C)cc2)c2[nH]c(=O)ccc12)N1CC(C)NCC1C. The van der Waals surface area contributed by atoms with Gasteiger partial charge in [0.05, 0.1) is 17.2 Å². The summed E-state index contributed by atoms with van der Waals surface area (Å²) >= 11 is 0. The summed E-state index contributed by atoms with van der Waals surface area (Å²) in [5.74, 6) is -0.249. The molecule has 0 saturated carbocycles. The van der Waals surface area contributed by atoms with Gasteiger partial charge >= 0.3 is 5.97 Å². The standard InChI is InChI=1S/C27H33N3O4/c1-5-22(30-15-17(3)28-14-18(30)4)26(32)21-10-12-23(25-20(21)11-13-24(31)29-25)34-27(33)19-8-6-16(2)7-9-19/h6-13,17-18,22,26,28,32H,5,14-15H2,1-4H3,(H,29,31). The van der Waals surface area contributed by atoms with Gasteiger partial charge in [-0.1, -0.05) is 30.7 Å². The molecule has 0 amide bonds. The number of nitrogens with one attached hydrogen (secondary N) is 2. The van der Waals surface area contributed by atoms with E-state index in [0.29, 0.717) is 28.1 Å². The molecule has 3 aromatic rings. The van der Waals surface area contributed by atoms with Crippen LogP contribution in [0.1, 0.15) is 54.8 Å². The van der Waals surface area contributed by atoms with Crippen LogP contribution in [0.15, 0.2) is 53.3 Å². The molecule has 4 atom stereocenters. The Morgan fingerprint density at radius 3 is 2.59 bits per heavy atom. The lowest BCUT2D eigenvalue weighted by atomic mass is 9.93. The van der Waals surface area contributed by atoms with E-state index in [1.807, 2.05) is 19.1 Å². The number of carbonyl (C=O) groups is 1. The number of aliphatic hydroxyl groups is 1. The number of H-pyrrole nitrogens is 1. The van der Waals surface area contributed by atoms with Gasteiger partial charge in [-0.2, -0.15) is 0 Å². The van der Waals surface area contributed by atoms with Crippen molar-refractivity contribution in [1.82, 2.24) is 15.2 Å². The number of fused-ring (bicyclic) bond motifs is 1. The van der Waals surface area contributed by atoms with Crippen LogP contribution in [0.2, 0.25) is 0 Å². The summed E-state index contributed by atoms with van der Waals surface area (Å²) in [5.41, 5.74) is 2.27. The molecular weight excluding hydrogens is 430 g/mol. The van der Waals surface area contributed by atoms with E-state index in [9.17, 15) is 14.7 Å². The minimum absolute atomic E-state index is 0.0874. The van der Waals surface area contributed by atoms with Gasteiger partial charge in [0.2, 0.25) is 5.56 Å². The van der Waals surface area contributed by atoms with Crippen molar-refractivity contribution in [3.05, 3.63) is 75.6 Å². The number of ether oxygens (including phenoxy) is 1. The van der Waals surface area contributed by atoms with Gasteiger partial charge in [0.15, 0.2) is 5.75 Å². The van der Waals surface area contributed by atoms with Crippen LogP contribution in [0, 0.1) is 6.92 Å². The van der Waals surface area contributed by atoms with E-state index in [1.165, 1.54) is 6.07 Å². The predicted octanol–water partition coefficient (Wildman–Crippen LogP) is 3.55. The lowest BCUT2D eigenvalue weighted by Gasteiger charge is -2.44. The Kier molecular flexibility index (Phi) is 7.16. The first-order valence-corrected chi connectivity index (χ1v) is 11.9. The molecule has 0 radical (unpaired) electrons. The fourth-order valence-corrected chi connectivity index (χ4v) is 4.80. The third-order valence-corrected chi connectivity index (χ3v) is 6.72. The van der Waals surface area contributed by atoms with E-state index in [4.69, 9.17) is 4.74 Å². The number of benzene rings is 2. The van der Waals surface area contributed by atoms with E-state index in [-0.39, 0.29) is 23.4 Å². The molecule has 2 aromatic carbocycles. The maximum absolute atomic E-state index is 12.7. The molecule has 1 fully saturated rings.